The van der Waals surface area contributed by atoms with E-state index in [1.807, 2.05) is 0 Å². The zero-order valence-corrected chi connectivity index (χ0v) is 11.2. The molecule has 5 nitrogen and oxygen atoms in total. The van der Waals surface area contributed by atoms with Gasteiger partial charge in [-0.25, -0.2) is 8.42 Å². The number of nitriles is 1. The third-order valence-corrected chi connectivity index (χ3v) is 3.37. The van der Waals surface area contributed by atoms with E-state index in [2.05, 4.69) is 0 Å². The molecule has 1 aromatic rings. The fraction of sp³-hybridized carbons (Fsp3) is 0.182. The quantitative estimate of drug-likeness (QED) is 0.859. The van der Waals surface area contributed by atoms with Gasteiger partial charge in [0.15, 0.2) is 21.3 Å². The van der Waals surface area contributed by atoms with Gasteiger partial charge in [-0.2, -0.15) is 5.26 Å². The first-order chi connectivity index (χ1) is 8.29. The number of nitrogens with zero attached hydrogens (tertiary/aromatic N) is 1. The van der Waals surface area contributed by atoms with Gasteiger partial charge in [-0.05, 0) is 23.8 Å². The fourth-order valence-corrected chi connectivity index (χ4v) is 1.94. The molecule has 0 heterocycles. The summed E-state index contributed by atoms with van der Waals surface area (Å²) in [5, 5.41) is 18.3. The number of phenolic OH excluding ortho intramolecular Hbond substituents is 1. The summed E-state index contributed by atoms with van der Waals surface area (Å²) in [7, 11) is -2.27. The Labute approximate surface area is 110 Å². The number of hydrogen-bond acceptors (Lipinski definition) is 5. The maximum absolute atomic E-state index is 11.3. The molecule has 7 heteroatoms. The van der Waals surface area contributed by atoms with Crippen LogP contribution in [-0.2, 0) is 9.84 Å². The highest BCUT2D eigenvalue weighted by Gasteiger charge is 2.13. The third-order valence-electron chi connectivity index (χ3n) is 2.08. The predicted octanol–water partition coefficient (Wildman–Crippen LogP) is 1.96. The fourth-order valence-electron chi connectivity index (χ4n) is 1.21. The molecule has 1 aromatic carbocycles. The van der Waals surface area contributed by atoms with Gasteiger partial charge in [-0.15, -0.1) is 0 Å². The van der Waals surface area contributed by atoms with Crippen molar-refractivity contribution in [1.29, 1.82) is 5.26 Å². The van der Waals surface area contributed by atoms with Crippen LogP contribution >= 0.6 is 11.6 Å². The summed E-state index contributed by atoms with van der Waals surface area (Å²) >= 11 is 5.75. The number of hydrogen-bond donors (Lipinski definition) is 1. The van der Waals surface area contributed by atoms with Crippen LogP contribution in [0.5, 0.6) is 11.5 Å². The predicted molar refractivity (Wildman–Crippen MR) is 68.1 cm³/mol. The van der Waals surface area contributed by atoms with Crippen molar-refractivity contribution < 1.29 is 18.3 Å². The van der Waals surface area contributed by atoms with Crippen molar-refractivity contribution in [3.05, 3.63) is 27.6 Å². The lowest BCUT2D eigenvalue weighted by molar-refractivity contribution is 0.373. The van der Waals surface area contributed by atoms with E-state index in [4.69, 9.17) is 21.6 Å². The molecule has 0 saturated carbocycles. The average molecular weight is 288 g/mol. The number of benzene rings is 1. The molecule has 1 rings (SSSR count). The lowest BCUT2D eigenvalue weighted by Gasteiger charge is -2.06. The van der Waals surface area contributed by atoms with E-state index in [1.54, 1.807) is 6.07 Å². The van der Waals surface area contributed by atoms with E-state index in [9.17, 15) is 13.5 Å². The number of halogens is 1. The molecule has 0 aliphatic carbocycles. The number of phenols is 1. The second-order valence-corrected chi connectivity index (χ2v) is 5.84. The van der Waals surface area contributed by atoms with Crippen LogP contribution in [0.3, 0.4) is 0 Å². The molecule has 96 valence electrons. The molecule has 0 atom stereocenters. The van der Waals surface area contributed by atoms with Gasteiger partial charge in [-0.1, -0.05) is 11.6 Å². The van der Waals surface area contributed by atoms with Crippen LogP contribution < -0.4 is 4.74 Å². The van der Waals surface area contributed by atoms with E-state index in [0.29, 0.717) is 5.56 Å². The van der Waals surface area contributed by atoms with Gasteiger partial charge in [0.1, 0.15) is 11.0 Å². The van der Waals surface area contributed by atoms with Crippen molar-refractivity contribution in [2.45, 2.75) is 0 Å². The molecular formula is C11H10ClNO4S. The molecule has 0 aliphatic rings. The standard InChI is InChI=1S/C11H10ClNO4S/c1-17-10-5-7(4-9(12)11(10)14)3-8(6-13)18(2,15)16/h3-5,14H,1-2H3. The first kappa shape index (κ1) is 14.4. The minimum atomic E-state index is -3.60. The minimum Gasteiger partial charge on any atom is -0.503 e. The molecule has 1 N–H and O–H groups in total. The number of aromatic hydroxyl groups is 1. The molecule has 0 unspecified atom stereocenters. The summed E-state index contributed by atoms with van der Waals surface area (Å²) < 4.78 is 27.4. The van der Waals surface area contributed by atoms with Crippen LogP contribution in [0.1, 0.15) is 5.56 Å². The van der Waals surface area contributed by atoms with Crippen molar-refractivity contribution in [3.8, 4) is 17.6 Å². The zero-order valence-electron chi connectivity index (χ0n) is 9.64. The van der Waals surface area contributed by atoms with Crippen LogP contribution in [-0.4, -0.2) is 26.9 Å². The number of rotatable bonds is 3. The molecule has 0 fully saturated rings. The summed E-state index contributed by atoms with van der Waals surface area (Å²) in [6.07, 6.45) is 2.09. The molecule has 0 saturated heterocycles. The van der Waals surface area contributed by atoms with Crippen molar-refractivity contribution in [2.24, 2.45) is 0 Å². The van der Waals surface area contributed by atoms with Gasteiger partial charge in [0.05, 0.1) is 12.1 Å². The van der Waals surface area contributed by atoms with E-state index in [1.165, 1.54) is 19.2 Å². The van der Waals surface area contributed by atoms with Crippen molar-refractivity contribution in [1.82, 2.24) is 0 Å². The Morgan fingerprint density at radius 3 is 2.61 bits per heavy atom. The Morgan fingerprint density at radius 1 is 1.56 bits per heavy atom. The number of ether oxygens (including phenoxy) is 1. The van der Waals surface area contributed by atoms with E-state index < -0.39 is 14.7 Å². The highest BCUT2D eigenvalue weighted by atomic mass is 35.5. The smallest absolute Gasteiger partial charge is 0.185 e. The number of sulfone groups is 1. The Hall–Kier alpha value is -1.71. The zero-order chi connectivity index (χ0) is 13.9. The lowest BCUT2D eigenvalue weighted by Crippen LogP contribution is -1.98. The third kappa shape index (κ3) is 3.15. The van der Waals surface area contributed by atoms with Gasteiger partial charge in [0, 0.05) is 6.26 Å². The Kier molecular flexibility index (Phi) is 4.22. The summed E-state index contributed by atoms with van der Waals surface area (Å²) in [6, 6.07) is 4.30. The maximum Gasteiger partial charge on any atom is 0.185 e. The van der Waals surface area contributed by atoms with Crippen molar-refractivity contribution in [3.63, 3.8) is 0 Å². The largest absolute Gasteiger partial charge is 0.503 e. The summed E-state index contributed by atoms with van der Waals surface area (Å²) in [5.41, 5.74) is 0.344. The molecule has 0 radical (unpaired) electrons. The molecule has 0 amide bonds. The molecule has 18 heavy (non-hydrogen) atoms. The lowest BCUT2D eigenvalue weighted by atomic mass is 10.2. The topological polar surface area (TPSA) is 87.4 Å². The van der Waals surface area contributed by atoms with Crippen LogP contribution in [0.4, 0.5) is 0 Å². The average Bonchev–Trinajstić information content (AvgIpc) is 2.28. The SMILES string of the molecule is COc1cc(C=C(C#N)S(C)(=O)=O)cc(Cl)c1O. The van der Waals surface area contributed by atoms with Gasteiger partial charge in [0.25, 0.3) is 0 Å². The first-order valence-corrected chi connectivity index (χ1v) is 6.95. The number of allylic oxidation sites excluding steroid dienone is 1. The molecule has 0 aromatic heterocycles. The first-order valence-electron chi connectivity index (χ1n) is 4.68. The summed E-state index contributed by atoms with van der Waals surface area (Å²) in [4.78, 5) is -0.397. The van der Waals surface area contributed by atoms with Gasteiger partial charge in [-0.3, -0.25) is 0 Å². The summed E-state index contributed by atoms with van der Waals surface area (Å²) in [5.74, 6) is -0.145. The summed E-state index contributed by atoms with van der Waals surface area (Å²) in [6.45, 7) is 0. The van der Waals surface area contributed by atoms with E-state index in [0.717, 1.165) is 12.3 Å². The Morgan fingerprint density at radius 2 is 2.17 bits per heavy atom. The molecule has 0 spiro atoms. The Balaban J connectivity index is 3.41. The van der Waals surface area contributed by atoms with Crippen LogP contribution in [0.2, 0.25) is 5.02 Å². The highest BCUT2D eigenvalue weighted by Crippen LogP contribution is 2.35. The van der Waals surface area contributed by atoms with Crippen LogP contribution in [0, 0.1) is 11.3 Å². The molecular weight excluding hydrogens is 278 g/mol. The second kappa shape index (κ2) is 5.29. The van der Waals surface area contributed by atoms with Gasteiger partial charge < -0.3 is 9.84 Å². The monoisotopic (exact) mass is 287 g/mol. The molecule has 0 bridgehead atoms. The van der Waals surface area contributed by atoms with Gasteiger partial charge >= 0.3 is 0 Å². The normalized spacial score (nSPS) is 12.0. The van der Waals surface area contributed by atoms with E-state index in [-0.39, 0.29) is 16.5 Å². The highest BCUT2D eigenvalue weighted by molar-refractivity contribution is 7.95. The van der Waals surface area contributed by atoms with Crippen molar-refractivity contribution >= 4 is 27.5 Å². The Bertz CT molecular complexity index is 644. The van der Waals surface area contributed by atoms with E-state index >= 15 is 0 Å². The molecule has 0 aliphatic heterocycles. The maximum atomic E-state index is 11.3. The second-order valence-electron chi connectivity index (χ2n) is 3.45. The van der Waals surface area contributed by atoms with Crippen molar-refractivity contribution in [2.75, 3.05) is 13.4 Å². The van der Waals surface area contributed by atoms with Crippen LogP contribution in [0.15, 0.2) is 17.0 Å². The van der Waals surface area contributed by atoms with Crippen LogP contribution in [0.25, 0.3) is 6.08 Å². The van der Waals surface area contributed by atoms with Gasteiger partial charge in [0.2, 0.25) is 0 Å². The number of methoxy groups -OCH3 is 1. The minimum absolute atomic E-state index is 0.00592.